The molecule has 9 nitrogen and oxygen atoms in total. The number of nitriles is 1. The van der Waals surface area contributed by atoms with Crippen LogP contribution >= 0.6 is 0 Å². The van der Waals surface area contributed by atoms with E-state index >= 15 is 0 Å². The van der Waals surface area contributed by atoms with E-state index in [0.29, 0.717) is 0 Å². The molecule has 0 saturated heterocycles. The fourth-order valence-electron chi connectivity index (χ4n) is 2.06. The lowest BCUT2D eigenvalue weighted by molar-refractivity contribution is -0.138. The Balaban J connectivity index is 3.54. The van der Waals surface area contributed by atoms with Crippen LogP contribution in [0.15, 0.2) is 17.8 Å². The van der Waals surface area contributed by atoms with Crippen LogP contribution in [0.5, 0.6) is 17.2 Å². The first kappa shape index (κ1) is 20.6. The van der Waals surface area contributed by atoms with Crippen LogP contribution in [0.2, 0.25) is 0 Å². The number of ether oxygens (including phenoxy) is 5. The quantitative estimate of drug-likeness (QED) is 0.419. The van der Waals surface area contributed by atoms with Gasteiger partial charge in [-0.3, -0.25) is 0 Å². The van der Waals surface area contributed by atoms with Crippen molar-refractivity contribution in [2.45, 2.75) is 6.92 Å². The molecule has 1 aromatic carbocycles. The summed E-state index contributed by atoms with van der Waals surface area (Å²) in [5.74, 6) is -0.903. The number of carbonyl (C=O) groups excluding carboxylic acids is 2. The summed E-state index contributed by atoms with van der Waals surface area (Å²) in [6, 6.07) is 3.11. The van der Waals surface area contributed by atoms with E-state index in [9.17, 15) is 9.59 Å². The molecule has 0 aromatic heterocycles. The summed E-state index contributed by atoms with van der Waals surface area (Å²) in [4.78, 5) is 23.9. The molecule has 0 aliphatic carbocycles. The molecular weight excluding hydrogens is 344 g/mol. The van der Waals surface area contributed by atoms with Gasteiger partial charge in [0.25, 0.3) is 0 Å². The fraction of sp³-hybridized carbons (Fsp3) is 0.353. The van der Waals surface area contributed by atoms with Gasteiger partial charge in [0, 0.05) is 12.3 Å². The number of benzene rings is 1. The van der Waals surface area contributed by atoms with Crippen LogP contribution in [0.1, 0.15) is 17.3 Å². The Labute approximate surface area is 151 Å². The predicted octanol–water partition coefficient (Wildman–Crippen LogP) is 1.88. The summed E-state index contributed by atoms with van der Waals surface area (Å²) in [7, 11) is 5.38. The number of nitrogens with one attached hydrogen (secondary N) is 1. The second kappa shape index (κ2) is 9.78. The molecule has 0 aliphatic heterocycles. The van der Waals surface area contributed by atoms with E-state index in [2.05, 4.69) is 5.32 Å². The van der Waals surface area contributed by atoms with Crippen LogP contribution in [0.25, 0.3) is 0 Å². The van der Waals surface area contributed by atoms with Gasteiger partial charge in [-0.25, -0.2) is 9.59 Å². The molecule has 0 unspecified atom stereocenters. The van der Waals surface area contributed by atoms with Crippen LogP contribution in [0, 0.1) is 11.3 Å². The first-order chi connectivity index (χ1) is 12.5. The summed E-state index contributed by atoms with van der Waals surface area (Å²) in [5.41, 5.74) is -0.104. The van der Waals surface area contributed by atoms with Crippen LogP contribution in [-0.2, 0) is 14.3 Å². The van der Waals surface area contributed by atoms with Crippen LogP contribution in [0.4, 0.5) is 5.69 Å². The van der Waals surface area contributed by atoms with Crippen molar-refractivity contribution in [3.05, 3.63) is 23.4 Å². The van der Waals surface area contributed by atoms with Crippen molar-refractivity contribution in [2.24, 2.45) is 0 Å². The summed E-state index contributed by atoms with van der Waals surface area (Å²) >= 11 is 0. The van der Waals surface area contributed by atoms with E-state index in [1.54, 1.807) is 13.0 Å². The van der Waals surface area contributed by atoms with Gasteiger partial charge < -0.3 is 29.0 Å². The number of anilines is 1. The first-order valence-electron chi connectivity index (χ1n) is 7.44. The fourth-order valence-corrected chi connectivity index (χ4v) is 2.06. The van der Waals surface area contributed by atoms with Gasteiger partial charge in [0.05, 0.1) is 46.3 Å². The van der Waals surface area contributed by atoms with E-state index in [-0.39, 0.29) is 40.7 Å². The lowest BCUT2D eigenvalue weighted by Crippen LogP contribution is -2.11. The third-order valence-electron chi connectivity index (χ3n) is 3.21. The first-order valence-corrected chi connectivity index (χ1v) is 7.44. The zero-order valence-corrected chi connectivity index (χ0v) is 15.2. The molecule has 1 N–H and O–H groups in total. The highest BCUT2D eigenvalue weighted by Gasteiger charge is 2.25. The number of methoxy groups -OCH3 is 4. The minimum atomic E-state index is -0.804. The van der Waals surface area contributed by atoms with E-state index in [0.717, 1.165) is 6.20 Å². The number of rotatable bonds is 8. The highest BCUT2D eigenvalue weighted by Crippen LogP contribution is 2.45. The van der Waals surface area contributed by atoms with Crippen molar-refractivity contribution in [3.63, 3.8) is 0 Å². The highest BCUT2D eigenvalue weighted by atomic mass is 16.5. The SMILES string of the molecule is CCOC(=O)/C(C#N)=C/Nc1c(C(=O)OC)cc(OC)c(OC)c1OC. The van der Waals surface area contributed by atoms with Gasteiger partial charge in [-0.15, -0.1) is 0 Å². The lowest BCUT2D eigenvalue weighted by atomic mass is 10.1. The van der Waals surface area contributed by atoms with E-state index < -0.39 is 11.9 Å². The van der Waals surface area contributed by atoms with E-state index in [1.165, 1.54) is 34.5 Å². The second-order valence-electron chi connectivity index (χ2n) is 4.59. The van der Waals surface area contributed by atoms with Crippen molar-refractivity contribution >= 4 is 17.6 Å². The van der Waals surface area contributed by atoms with Gasteiger partial charge in [-0.2, -0.15) is 5.26 Å². The third kappa shape index (κ3) is 4.36. The van der Waals surface area contributed by atoms with Gasteiger partial charge >= 0.3 is 11.9 Å². The summed E-state index contributed by atoms with van der Waals surface area (Å²) in [5, 5.41) is 11.8. The van der Waals surface area contributed by atoms with Crippen molar-refractivity contribution in [3.8, 4) is 23.3 Å². The number of hydrogen-bond donors (Lipinski definition) is 1. The molecule has 1 rings (SSSR count). The van der Waals surface area contributed by atoms with E-state index in [1.807, 2.05) is 0 Å². The maximum Gasteiger partial charge on any atom is 0.350 e. The zero-order valence-electron chi connectivity index (χ0n) is 15.2. The monoisotopic (exact) mass is 364 g/mol. The highest BCUT2D eigenvalue weighted by molar-refractivity contribution is 6.00. The maximum atomic E-state index is 12.1. The summed E-state index contributed by atoms with van der Waals surface area (Å²) in [6.45, 7) is 1.73. The van der Waals surface area contributed by atoms with Crippen molar-refractivity contribution in [2.75, 3.05) is 40.4 Å². The summed E-state index contributed by atoms with van der Waals surface area (Å²) in [6.07, 6.45) is 1.11. The third-order valence-corrected chi connectivity index (χ3v) is 3.21. The molecule has 26 heavy (non-hydrogen) atoms. The van der Waals surface area contributed by atoms with Crippen LogP contribution in [0.3, 0.4) is 0 Å². The molecule has 0 fully saturated rings. The standard InChI is InChI=1S/C17H20N2O7/c1-6-26-16(20)10(8-18)9-19-13-11(17(21)25-5)7-12(22-2)14(23-3)15(13)24-4/h7,9,19H,6H2,1-5H3/b10-9+. The number of hydrogen-bond acceptors (Lipinski definition) is 9. The molecule has 0 spiro atoms. The van der Waals surface area contributed by atoms with Gasteiger partial charge in [0.1, 0.15) is 6.07 Å². The Morgan fingerprint density at radius 3 is 2.27 bits per heavy atom. The molecule has 0 radical (unpaired) electrons. The molecule has 0 saturated carbocycles. The van der Waals surface area contributed by atoms with Gasteiger partial charge in [0.15, 0.2) is 17.1 Å². The van der Waals surface area contributed by atoms with Gasteiger partial charge in [-0.05, 0) is 6.92 Å². The molecule has 9 heteroatoms. The van der Waals surface area contributed by atoms with Crippen LogP contribution < -0.4 is 19.5 Å². The predicted molar refractivity (Wildman–Crippen MR) is 91.4 cm³/mol. The molecular formula is C17H20N2O7. The molecule has 140 valence electrons. The largest absolute Gasteiger partial charge is 0.493 e. The minimum absolute atomic E-state index is 0.0550. The Kier molecular flexibility index (Phi) is 7.76. The zero-order chi connectivity index (χ0) is 19.7. The maximum absolute atomic E-state index is 12.1. The van der Waals surface area contributed by atoms with Crippen molar-refractivity contribution < 1.29 is 33.3 Å². The Morgan fingerprint density at radius 1 is 1.15 bits per heavy atom. The van der Waals surface area contributed by atoms with Gasteiger partial charge in [-0.1, -0.05) is 0 Å². The normalized spacial score (nSPS) is 10.4. The van der Waals surface area contributed by atoms with Crippen molar-refractivity contribution in [1.29, 1.82) is 5.26 Å². The Hall–Kier alpha value is -3.41. The van der Waals surface area contributed by atoms with Gasteiger partial charge in [0.2, 0.25) is 5.75 Å². The number of carbonyl (C=O) groups is 2. The second-order valence-corrected chi connectivity index (χ2v) is 4.59. The van der Waals surface area contributed by atoms with E-state index in [4.69, 9.17) is 28.9 Å². The molecule has 0 atom stereocenters. The molecule has 0 heterocycles. The van der Waals surface area contributed by atoms with Crippen LogP contribution in [-0.4, -0.2) is 47.0 Å². The minimum Gasteiger partial charge on any atom is -0.493 e. The number of esters is 2. The Bertz CT molecular complexity index is 750. The number of nitrogens with zero attached hydrogens (tertiary/aromatic N) is 1. The molecule has 0 bridgehead atoms. The average molecular weight is 364 g/mol. The Morgan fingerprint density at radius 2 is 1.81 bits per heavy atom. The van der Waals surface area contributed by atoms with Crippen molar-refractivity contribution in [1.82, 2.24) is 0 Å². The topological polar surface area (TPSA) is 116 Å². The molecule has 0 amide bonds. The molecule has 0 aliphatic rings. The summed E-state index contributed by atoms with van der Waals surface area (Å²) < 4.78 is 25.3. The average Bonchev–Trinajstić information content (AvgIpc) is 2.66. The smallest absolute Gasteiger partial charge is 0.350 e. The molecule has 1 aromatic rings. The lowest BCUT2D eigenvalue weighted by Gasteiger charge is -2.18.